The first-order valence-electron chi connectivity index (χ1n) is 4.19. The molecule has 0 saturated heterocycles. The molecule has 1 aromatic heterocycles. The third kappa shape index (κ3) is 1.47. The topological polar surface area (TPSA) is 54.7 Å². The molecule has 0 radical (unpaired) electrons. The fourth-order valence-electron chi connectivity index (χ4n) is 1.26. The number of H-pyrrole nitrogens is 1. The average molecular weight is 230 g/mol. The second-order valence-corrected chi connectivity index (χ2v) is 3.98. The van der Waals surface area contributed by atoms with E-state index >= 15 is 0 Å². The minimum Gasteiger partial charge on any atom is -0.339 e. The van der Waals surface area contributed by atoms with Crippen LogP contribution in [0.4, 0.5) is 0 Å². The molecule has 0 amide bonds. The van der Waals surface area contributed by atoms with Gasteiger partial charge in [0.1, 0.15) is 11.3 Å². The third-order valence-corrected chi connectivity index (χ3v) is 2.61. The number of aromatic amines is 1. The van der Waals surface area contributed by atoms with Crippen LogP contribution in [0.25, 0.3) is 11.0 Å². The van der Waals surface area contributed by atoms with Gasteiger partial charge in [-0.15, -0.1) is 0 Å². The van der Waals surface area contributed by atoms with Gasteiger partial charge in [-0.05, 0) is 19.1 Å². The standard InChI is InChI=1S/C9H9Cl2N3/c1-4(12)9-13-7-5(10)2-3-6(11)8(7)14-9/h2-4H,12H2,1H3,(H,13,14)/t4-/m1/s1. The van der Waals surface area contributed by atoms with Crippen LogP contribution in [-0.4, -0.2) is 9.97 Å². The number of fused-ring (bicyclic) bond motifs is 1. The molecule has 1 heterocycles. The third-order valence-electron chi connectivity index (χ3n) is 1.99. The summed E-state index contributed by atoms with van der Waals surface area (Å²) < 4.78 is 0. The van der Waals surface area contributed by atoms with Crippen LogP contribution in [0.5, 0.6) is 0 Å². The van der Waals surface area contributed by atoms with Crippen LogP contribution in [0.2, 0.25) is 10.0 Å². The second-order valence-electron chi connectivity index (χ2n) is 3.16. The van der Waals surface area contributed by atoms with E-state index in [1.54, 1.807) is 12.1 Å². The lowest BCUT2D eigenvalue weighted by atomic mass is 10.3. The highest BCUT2D eigenvalue weighted by Crippen LogP contribution is 2.28. The van der Waals surface area contributed by atoms with Gasteiger partial charge in [-0.25, -0.2) is 4.98 Å². The maximum absolute atomic E-state index is 5.98. The van der Waals surface area contributed by atoms with Crippen LogP contribution < -0.4 is 5.73 Å². The van der Waals surface area contributed by atoms with Crippen molar-refractivity contribution >= 4 is 34.2 Å². The number of hydrogen-bond acceptors (Lipinski definition) is 2. The van der Waals surface area contributed by atoms with Crippen molar-refractivity contribution in [1.29, 1.82) is 0 Å². The lowest BCUT2D eigenvalue weighted by molar-refractivity contribution is 0.760. The van der Waals surface area contributed by atoms with Gasteiger partial charge in [0.05, 0.1) is 21.6 Å². The van der Waals surface area contributed by atoms with Gasteiger partial charge in [0, 0.05) is 0 Å². The Morgan fingerprint density at radius 3 is 2.57 bits per heavy atom. The fraction of sp³-hybridized carbons (Fsp3) is 0.222. The van der Waals surface area contributed by atoms with Crippen LogP contribution in [0.1, 0.15) is 18.8 Å². The number of nitrogens with zero attached hydrogens (tertiary/aromatic N) is 1. The SMILES string of the molecule is C[C@@H](N)c1nc2c(Cl)ccc(Cl)c2[nH]1. The summed E-state index contributed by atoms with van der Waals surface area (Å²) in [4.78, 5) is 7.33. The second kappa shape index (κ2) is 3.42. The van der Waals surface area contributed by atoms with Crippen molar-refractivity contribution in [2.24, 2.45) is 5.73 Å². The molecular formula is C9H9Cl2N3. The number of halogens is 2. The minimum atomic E-state index is -0.158. The highest BCUT2D eigenvalue weighted by molar-refractivity contribution is 6.39. The lowest BCUT2D eigenvalue weighted by Gasteiger charge is -1.96. The lowest BCUT2D eigenvalue weighted by Crippen LogP contribution is -2.06. The van der Waals surface area contributed by atoms with Gasteiger partial charge in [0.25, 0.3) is 0 Å². The summed E-state index contributed by atoms with van der Waals surface area (Å²) in [5.74, 6) is 0.690. The van der Waals surface area contributed by atoms with Crippen molar-refractivity contribution in [1.82, 2.24) is 9.97 Å². The van der Waals surface area contributed by atoms with E-state index in [2.05, 4.69) is 9.97 Å². The zero-order valence-electron chi connectivity index (χ0n) is 7.51. The molecule has 3 nitrogen and oxygen atoms in total. The summed E-state index contributed by atoms with van der Waals surface area (Å²) in [5.41, 5.74) is 7.11. The summed E-state index contributed by atoms with van der Waals surface area (Å²) in [6, 6.07) is 3.29. The van der Waals surface area contributed by atoms with Crippen LogP contribution in [0.3, 0.4) is 0 Å². The van der Waals surface area contributed by atoms with E-state index in [9.17, 15) is 0 Å². The monoisotopic (exact) mass is 229 g/mol. The van der Waals surface area contributed by atoms with Gasteiger partial charge in [-0.2, -0.15) is 0 Å². The molecule has 0 aliphatic rings. The van der Waals surface area contributed by atoms with Crippen molar-refractivity contribution in [2.45, 2.75) is 13.0 Å². The molecule has 2 rings (SSSR count). The molecule has 1 atom stereocenters. The smallest absolute Gasteiger partial charge is 0.124 e. The van der Waals surface area contributed by atoms with Gasteiger partial charge >= 0.3 is 0 Å². The van der Waals surface area contributed by atoms with E-state index in [4.69, 9.17) is 28.9 Å². The number of aromatic nitrogens is 2. The molecule has 14 heavy (non-hydrogen) atoms. The average Bonchev–Trinajstić information content (AvgIpc) is 2.57. The van der Waals surface area contributed by atoms with Gasteiger partial charge in [0.15, 0.2) is 0 Å². The largest absolute Gasteiger partial charge is 0.339 e. The van der Waals surface area contributed by atoms with Crippen LogP contribution >= 0.6 is 23.2 Å². The summed E-state index contributed by atoms with van der Waals surface area (Å²) in [5, 5.41) is 1.18. The zero-order valence-corrected chi connectivity index (χ0v) is 9.02. The van der Waals surface area contributed by atoms with E-state index in [0.29, 0.717) is 21.4 Å². The molecule has 0 unspecified atom stereocenters. The summed E-state index contributed by atoms with van der Waals surface area (Å²) in [6.45, 7) is 1.85. The number of imidazole rings is 1. The van der Waals surface area contributed by atoms with Crippen LogP contribution in [-0.2, 0) is 0 Å². The highest BCUT2D eigenvalue weighted by Gasteiger charge is 2.11. The summed E-state index contributed by atoms with van der Waals surface area (Å²) >= 11 is 11.9. The van der Waals surface area contributed by atoms with Crippen molar-refractivity contribution in [2.75, 3.05) is 0 Å². The van der Waals surface area contributed by atoms with E-state index in [1.165, 1.54) is 0 Å². The predicted octanol–water partition coefficient (Wildman–Crippen LogP) is 2.89. The Morgan fingerprint density at radius 1 is 1.36 bits per heavy atom. The molecular weight excluding hydrogens is 221 g/mol. The Bertz CT molecular complexity index is 437. The van der Waals surface area contributed by atoms with E-state index < -0.39 is 0 Å². The molecule has 5 heteroatoms. The summed E-state index contributed by atoms with van der Waals surface area (Å²) in [6.07, 6.45) is 0. The Morgan fingerprint density at radius 2 is 2.00 bits per heavy atom. The van der Waals surface area contributed by atoms with Crippen molar-refractivity contribution in [3.8, 4) is 0 Å². The molecule has 0 aliphatic heterocycles. The maximum Gasteiger partial charge on any atom is 0.124 e. The molecule has 3 N–H and O–H groups in total. The first-order chi connectivity index (χ1) is 6.59. The molecule has 0 aliphatic carbocycles. The Hall–Kier alpha value is -0.770. The van der Waals surface area contributed by atoms with Gasteiger partial charge in [-0.3, -0.25) is 0 Å². The predicted molar refractivity (Wildman–Crippen MR) is 58.7 cm³/mol. The minimum absolute atomic E-state index is 0.158. The van der Waals surface area contributed by atoms with Crippen molar-refractivity contribution in [3.63, 3.8) is 0 Å². The fourth-order valence-corrected chi connectivity index (χ4v) is 1.66. The van der Waals surface area contributed by atoms with Gasteiger partial charge < -0.3 is 10.7 Å². The van der Waals surface area contributed by atoms with E-state index in [-0.39, 0.29) is 6.04 Å². The number of nitrogens with two attached hydrogens (primary N) is 1. The number of benzene rings is 1. The van der Waals surface area contributed by atoms with Crippen molar-refractivity contribution in [3.05, 3.63) is 28.0 Å². The molecule has 0 spiro atoms. The van der Waals surface area contributed by atoms with Crippen molar-refractivity contribution < 1.29 is 0 Å². The summed E-state index contributed by atoms with van der Waals surface area (Å²) in [7, 11) is 0. The molecule has 0 bridgehead atoms. The molecule has 2 aromatic rings. The van der Waals surface area contributed by atoms with E-state index in [0.717, 1.165) is 5.52 Å². The Labute approximate surface area is 91.2 Å². The van der Waals surface area contributed by atoms with Gasteiger partial charge in [-0.1, -0.05) is 23.2 Å². The van der Waals surface area contributed by atoms with Gasteiger partial charge in [0.2, 0.25) is 0 Å². The number of nitrogens with one attached hydrogen (secondary N) is 1. The molecule has 0 saturated carbocycles. The maximum atomic E-state index is 5.98. The first kappa shape index (κ1) is 9.77. The zero-order chi connectivity index (χ0) is 10.3. The number of hydrogen-bond donors (Lipinski definition) is 2. The number of rotatable bonds is 1. The first-order valence-corrected chi connectivity index (χ1v) is 4.94. The van der Waals surface area contributed by atoms with Crippen LogP contribution in [0, 0.1) is 0 Å². The van der Waals surface area contributed by atoms with E-state index in [1.807, 2.05) is 6.92 Å². The molecule has 0 fully saturated rings. The normalized spacial score (nSPS) is 13.4. The molecule has 1 aromatic carbocycles. The van der Waals surface area contributed by atoms with Crippen LogP contribution in [0.15, 0.2) is 12.1 Å². The Kier molecular flexibility index (Phi) is 2.39. The highest BCUT2D eigenvalue weighted by atomic mass is 35.5. The quantitative estimate of drug-likeness (QED) is 0.791. The Balaban J connectivity index is 2.75. The molecule has 74 valence electrons.